The third-order valence-electron chi connectivity index (χ3n) is 5.71. The minimum absolute atomic E-state index is 0.176. The number of fused-ring (bicyclic) bond motifs is 1. The molecule has 1 atom stereocenters. The molecule has 1 amide bonds. The second-order valence-electron chi connectivity index (χ2n) is 8.62. The lowest BCUT2D eigenvalue weighted by molar-refractivity contribution is 0.0905. The maximum absolute atomic E-state index is 13.6. The topological polar surface area (TPSA) is 127 Å². The fourth-order valence-electron chi connectivity index (χ4n) is 3.87. The van der Waals surface area contributed by atoms with Crippen LogP contribution in [0.5, 0.6) is 0 Å². The van der Waals surface area contributed by atoms with Gasteiger partial charge in [0, 0.05) is 25.0 Å². The Bertz CT molecular complexity index is 1570. The Balaban J connectivity index is 1.64. The van der Waals surface area contributed by atoms with Crippen LogP contribution in [0.1, 0.15) is 28.4 Å². The number of sulfonamides is 1. The van der Waals surface area contributed by atoms with Gasteiger partial charge in [-0.05, 0) is 62.2 Å². The van der Waals surface area contributed by atoms with Gasteiger partial charge in [-0.3, -0.25) is 9.52 Å². The fraction of sp³-hybridized carbons (Fsp3) is 0.240. The SMILES string of the molecule is COCC(C)NC(=O)c1cn2ncnc(Nc3cc(NS(=O)(=O)c4cccc(F)c4)ccc3C)c2c1C. The van der Waals surface area contributed by atoms with Crippen LogP contribution in [0.2, 0.25) is 0 Å². The van der Waals surface area contributed by atoms with E-state index in [1.807, 2.05) is 13.8 Å². The smallest absolute Gasteiger partial charge is 0.261 e. The summed E-state index contributed by atoms with van der Waals surface area (Å²) in [6, 6.07) is 9.56. The summed E-state index contributed by atoms with van der Waals surface area (Å²) >= 11 is 0. The first kappa shape index (κ1) is 26.0. The van der Waals surface area contributed by atoms with E-state index in [0.29, 0.717) is 34.8 Å². The summed E-state index contributed by atoms with van der Waals surface area (Å²) in [5.41, 5.74) is 3.39. The number of nitrogens with zero attached hydrogens (tertiary/aromatic N) is 3. The van der Waals surface area contributed by atoms with E-state index < -0.39 is 15.8 Å². The van der Waals surface area contributed by atoms with Crippen LogP contribution >= 0.6 is 0 Å². The van der Waals surface area contributed by atoms with E-state index in [9.17, 15) is 17.6 Å². The molecule has 0 fully saturated rings. The molecule has 10 nitrogen and oxygen atoms in total. The van der Waals surface area contributed by atoms with E-state index in [0.717, 1.165) is 11.6 Å². The van der Waals surface area contributed by atoms with Crippen LogP contribution in [0, 0.1) is 19.7 Å². The largest absolute Gasteiger partial charge is 0.383 e. The van der Waals surface area contributed by atoms with Gasteiger partial charge >= 0.3 is 0 Å². The molecule has 12 heteroatoms. The molecule has 194 valence electrons. The van der Waals surface area contributed by atoms with Gasteiger partial charge in [-0.1, -0.05) is 12.1 Å². The van der Waals surface area contributed by atoms with E-state index in [2.05, 4.69) is 25.4 Å². The molecule has 0 radical (unpaired) electrons. The Morgan fingerprint density at radius 2 is 1.97 bits per heavy atom. The summed E-state index contributed by atoms with van der Waals surface area (Å²) in [6.45, 7) is 5.88. The average Bonchev–Trinajstić information content (AvgIpc) is 3.18. The number of anilines is 3. The summed E-state index contributed by atoms with van der Waals surface area (Å²) in [4.78, 5) is 17.0. The van der Waals surface area contributed by atoms with Crippen LogP contribution in [0.4, 0.5) is 21.6 Å². The van der Waals surface area contributed by atoms with E-state index in [1.54, 1.807) is 42.9 Å². The van der Waals surface area contributed by atoms with Crippen LogP contribution in [0.3, 0.4) is 0 Å². The monoisotopic (exact) mass is 526 g/mol. The molecule has 0 aliphatic heterocycles. The number of nitrogens with one attached hydrogen (secondary N) is 3. The van der Waals surface area contributed by atoms with Gasteiger partial charge in [0.05, 0.1) is 22.8 Å². The van der Waals surface area contributed by atoms with E-state index in [4.69, 9.17) is 4.74 Å². The number of benzene rings is 2. The predicted molar refractivity (Wildman–Crippen MR) is 138 cm³/mol. The third-order valence-corrected chi connectivity index (χ3v) is 7.09. The molecule has 2 aromatic heterocycles. The number of halogens is 1. The molecule has 0 spiro atoms. The molecule has 1 unspecified atom stereocenters. The van der Waals surface area contributed by atoms with Gasteiger partial charge in [0.15, 0.2) is 5.82 Å². The van der Waals surface area contributed by atoms with Crippen molar-refractivity contribution in [2.75, 3.05) is 23.8 Å². The predicted octanol–water partition coefficient (Wildman–Crippen LogP) is 3.79. The van der Waals surface area contributed by atoms with Crippen molar-refractivity contribution >= 4 is 38.6 Å². The molecule has 0 aliphatic rings. The number of rotatable bonds is 9. The van der Waals surface area contributed by atoms with Gasteiger partial charge in [0.2, 0.25) is 0 Å². The maximum Gasteiger partial charge on any atom is 0.261 e. The Labute approximate surface area is 213 Å². The third kappa shape index (κ3) is 5.70. The second-order valence-corrected chi connectivity index (χ2v) is 10.3. The van der Waals surface area contributed by atoms with Gasteiger partial charge in [0.1, 0.15) is 17.7 Å². The summed E-state index contributed by atoms with van der Waals surface area (Å²) in [5.74, 6) is -0.473. The van der Waals surface area contributed by atoms with Crippen molar-refractivity contribution in [3.05, 3.63) is 77.5 Å². The first-order chi connectivity index (χ1) is 17.6. The highest BCUT2D eigenvalue weighted by atomic mass is 32.2. The van der Waals surface area contributed by atoms with Crippen LogP contribution in [0.15, 0.2) is 59.9 Å². The standard InChI is InChI=1S/C25H27FN6O4S/c1-15-8-9-19(31-37(34,35)20-7-5-6-18(26)10-20)11-22(15)30-24-23-17(3)21(12-32(23)28-14-27-24)25(33)29-16(2)13-36-4/h5-12,14,16,31H,13H2,1-4H3,(H,29,33)(H,27,28,30). The Hall–Kier alpha value is -4.03. The quantitative estimate of drug-likeness (QED) is 0.303. The van der Waals surface area contributed by atoms with E-state index >= 15 is 0 Å². The zero-order chi connectivity index (χ0) is 26.7. The highest BCUT2D eigenvalue weighted by Crippen LogP contribution is 2.29. The van der Waals surface area contributed by atoms with Crippen LogP contribution < -0.4 is 15.4 Å². The lowest BCUT2D eigenvalue weighted by Gasteiger charge is -2.14. The normalized spacial score (nSPS) is 12.4. The fourth-order valence-corrected chi connectivity index (χ4v) is 4.95. The van der Waals surface area contributed by atoms with Crippen molar-refractivity contribution < 1.29 is 22.3 Å². The van der Waals surface area contributed by atoms with Gasteiger partial charge < -0.3 is 15.4 Å². The Kier molecular flexibility index (Phi) is 7.41. The highest BCUT2D eigenvalue weighted by Gasteiger charge is 2.20. The maximum atomic E-state index is 13.6. The zero-order valence-corrected chi connectivity index (χ0v) is 21.6. The van der Waals surface area contributed by atoms with Crippen LogP contribution in [0.25, 0.3) is 5.52 Å². The number of hydrogen-bond acceptors (Lipinski definition) is 7. The lowest BCUT2D eigenvalue weighted by atomic mass is 10.1. The van der Waals surface area contributed by atoms with Crippen molar-refractivity contribution in [3.8, 4) is 0 Å². The molecule has 0 aliphatic carbocycles. The molecular formula is C25H27FN6O4S. The van der Waals surface area contributed by atoms with Crippen molar-refractivity contribution in [1.82, 2.24) is 19.9 Å². The first-order valence-electron chi connectivity index (χ1n) is 11.4. The minimum atomic E-state index is -4.00. The average molecular weight is 527 g/mol. The highest BCUT2D eigenvalue weighted by molar-refractivity contribution is 7.92. The number of hydrogen-bond donors (Lipinski definition) is 3. The zero-order valence-electron chi connectivity index (χ0n) is 20.7. The first-order valence-corrected chi connectivity index (χ1v) is 12.9. The van der Waals surface area contributed by atoms with Gasteiger partial charge in [-0.15, -0.1) is 0 Å². The summed E-state index contributed by atoms with van der Waals surface area (Å²) in [6.07, 6.45) is 2.98. The van der Waals surface area contributed by atoms with Crippen molar-refractivity contribution in [3.63, 3.8) is 0 Å². The van der Waals surface area contributed by atoms with E-state index in [-0.39, 0.29) is 22.5 Å². The van der Waals surface area contributed by atoms with Crippen molar-refractivity contribution in [2.45, 2.75) is 31.7 Å². The molecule has 0 saturated heterocycles. The Morgan fingerprint density at radius 3 is 2.70 bits per heavy atom. The summed E-state index contributed by atoms with van der Waals surface area (Å²) in [5, 5.41) is 10.3. The Morgan fingerprint density at radius 1 is 1.19 bits per heavy atom. The number of aromatic nitrogens is 3. The van der Waals surface area contributed by atoms with Gasteiger partial charge in [-0.2, -0.15) is 5.10 Å². The second kappa shape index (κ2) is 10.5. The number of methoxy groups -OCH3 is 1. The molecule has 0 saturated carbocycles. The van der Waals surface area contributed by atoms with Gasteiger partial charge in [0.25, 0.3) is 15.9 Å². The molecule has 2 heterocycles. The summed E-state index contributed by atoms with van der Waals surface area (Å²) < 4.78 is 48.2. The molecule has 4 rings (SSSR count). The van der Waals surface area contributed by atoms with Crippen molar-refractivity contribution in [2.24, 2.45) is 0 Å². The molecule has 3 N–H and O–H groups in total. The van der Waals surface area contributed by atoms with Crippen molar-refractivity contribution in [1.29, 1.82) is 0 Å². The minimum Gasteiger partial charge on any atom is -0.383 e. The van der Waals surface area contributed by atoms with E-state index in [1.165, 1.54) is 24.5 Å². The molecule has 4 aromatic rings. The number of carbonyl (C=O) groups excluding carboxylic acids is 1. The lowest BCUT2D eigenvalue weighted by Crippen LogP contribution is -2.35. The molecular weight excluding hydrogens is 499 g/mol. The number of amides is 1. The molecule has 0 bridgehead atoms. The number of carbonyl (C=O) groups is 1. The molecule has 2 aromatic carbocycles. The number of aryl methyl sites for hydroxylation is 2. The van der Waals surface area contributed by atoms with Crippen LogP contribution in [-0.4, -0.2) is 48.7 Å². The molecule has 37 heavy (non-hydrogen) atoms. The summed E-state index contributed by atoms with van der Waals surface area (Å²) in [7, 11) is -2.43. The van der Waals surface area contributed by atoms with Gasteiger partial charge in [-0.25, -0.2) is 22.3 Å². The number of ether oxygens (including phenoxy) is 1. The van der Waals surface area contributed by atoms with Crippen LogP contribution in [-0.2, 0) is 14.8 Å².